The van der Waals surface area contributed by atoms with Gasteiger partial charge in [-0.2, -0.15) is 4.98 Å². The van der Waals surface area contributed by atoms with Gasteiger partial charge in [0.1, 0.15) is 12.1 Å². The number of ether oxygens (including phenoxy) is 1. The molecule has 1 fully saturated rings. The third kappa shape index (κ3) is 2.52. The van der Waals surface area contributed by atoms with Gasteiger partial charge in [0.15, 0.2) is 0 Å². The van der Waals surface area contributed by atoms with E-state index in [0.29, 0.717) is 17.6 Å². The van der Waals surface area contributed by atoms with Crippen LogP contribution in [0.15, 0.2) is 34.9 Å². The minimum Gasteiger partial charge on any atom is -0.373 e. The molecular formula is C14H17N3O2. The Bertz CT molecular complexity index is 537. The minimum absolute atomic E-state index is 0.0690. The molecule has 0 saturated heterocycles. The quantitative estimate of drug-likeness (QED) is 0.891. The summed E-state index contributed by atoms with van der Waals surface area (Å²) in [4.78, 5) is 4.39. The summed E-state index contributed by atoms with van der Waals surface area (Å²) in [5.41, 5.74) is 7.08. The first-order valence-electron chi connectivity index (χ1n) is 6.46. The predicted octanol–water partition coefficient (Wildman–Crippen LogP) is 2.22. The fraction of sp³-hybridized carbons (Fsp3) is 0.429. The van der Waals surface area contributed by atoms with Crippen molar-refractivity contribution in [2.75, 3.05) is 7.11 Å². The summed E-state index contributed by atoms with van der Waals surface area (Å²) in [5, 5.41) is 4.00. The molecule has 0 amide bonds. The summed E-state index contributed by atoms with van der Waals surface area (Å²) >= 11 is 0. The Kier molecular flexibility index (Phi) is 3.31. The summed E-state index contributed by atoms with van der Waals surface area (Å²) in [7, 11) is 1.68. The molecule has 2 unspecified atom stereocenters. The fourth-order valence-electron chi connectivity index (χ4n) is 2.20. The Morgan fingerprint density at radius 1 is 1.32 bits per heavy atom. The van der Waals surface area contributed by atoms with Gasteiger partial charge in [0.05, 0.1) is 0 Å². The summed E-state index contributed by atoms with van der Waals surface area (Å²) in [6.07, 6.45) is 2.25. The number of methoxy groups -OCH3 is 1. The molecule has 2 atom stereocenters. The van der Waals surface area contributed by atoms with Crippen molar-refractivity contribution in [3.05, 3.63) is 47.6 Å². The molecule has 2 N–H and O–H groups in total. The first-order valence-corrected chi connectivity index (χ1v) is 6.46. The number of nitrogens with zero attached hydrogens (tertiary/aromatic N) is 2. The van der Waals surface area contributed by atoms with Gasteiger partial charge in [0.25, 0.3) is 0 Å². The van der Waals surface area contributed by atoms with Crippen molar-refractivity contribution >= 4 is 0 Å². The van der Waals surface area contributed by atoms with Crippen LogP contribution in [0.1, 0.15) is 42.3 Å². The van der Waals surface area contributed by atoms with E-state index in [1.54, 1.807) is 7.11 Å². The highest BCUT2D eigenvalue weighted by molar-refractivity contribution is 5.23. The normalized spacial score (nSPS) is 18.2. The smallest absolute Gasteiger partial charge is 0.248 e. The first-order chi connectivity index (χ1) is 9.29. The average Bonchev–Trinajstić information content (AvgIpc) is 3.17. The molecule has 19 heavy (non-hydrogen) atoms. The van der Waals surface area contributed by atoms with Crippen molar-refractivity contribution < 1.29 is 9.26 Å². The third-order valence-electron chi connectivity index (χ3n) is 3.44. The first kappa shape index (κ1) is 12.3. The Morgan fingerprint density at radius 2 is 2.05 bits per heavy atom. The van der Waals surface area contributed by atoms with Gasteiger partial charge in [-0.3, -0.25) is 0 Å². The van der Waals surface area contributed by atoms with Gasteiger partial charge in [-0.1, -0.05) is 35.5 Å². The maximum atomic E-state index is 6.13. The SMILES string of the molecule is COC(c1noc(C(N)c2ccccc2)n1)C1CC1. The van der Waals surface area contributed by atoms with E-state index in [0.717, 1.165) is 18.4 Å². The second-order valence-corrected chi connectivity index (χ2v) is 4.87. The molecule has 2 aromatic rings. The number of rotatable bonds is 5. The van der Waals surface area contributed by atoms with Gasteiger partial charge in [-0.25, -0.2) is 0 Å². The van der Waals surface area contributed by atoms with Crippen LogP contribution in [0, 0.1) is 5.92 Å². The Balaban J connectivity index is 1.80. The molecule has 100 valence electrons. The number of aromatic nitrogens is 2. The molecule has 1 saturated carbocycles. The highest BCUT2D eigenvalue weighted by Crippen LogP contribution is 2.42. The second-order valence-electron chi connectivity index (χ2n) is 4.87. The lowest BCUT2D eigenvalue weighted by Crippen LogP contribution is -2.13. The lowest BCUT2D eigenvalue weighted by atomic mass is 10.1. The van der Waals surface area contributed by atoms with E-state index in [1.165, 1.54) is 0 Å². The Morgan fingerprint density at radius 3 is 2.68 bits per heavy atom. The van der Waals surface area contributed by atoms with Crippen molar-refractivity contribution in [3.63, 3.8) is 0 Å². The van der Waals surface area contributed by atoms with E-state index in [2.05, 4.69) is 10.1 Å². The van der Waals surface area contributed by atoms with Crippen LogP contribution in [0.3, 0.4) is 0 Å². The lowest BCUT2D eigenvalue weighted by Gasteiger charge is -2.09. The molecule has 1 aromatic carbocycles. The van der Waals surface area contributed by atoms with E-state index in [1.807, 2.05) is 30.3 Å². The van der Waals surface area contributed by atoms with Crippen LogP contribution in [0.2, 0.25) is 0 Å². The van der Waals surface area contributed by atoms with Crippen LogP contribution in [0.5, 0.6) is 0 Å². The summed E-state index contributed by atoms with van der Waals surface area (Å²) in [6, 6.07) is 9.33. The topological polar surface area (TPSA) is 74.2 Å². The van der Waals surface area contributed by atoms with Crippen molar-refractivity contribution in [2.45, 2.75) is 25.0 Å². The molecule has 0 radical (unpaired) electrons. The number of hydrogen-bond donors (Lipinski definition) is 1. The third-order valence-corrected chi connectivity index (χ3v) is 3.44. The molecule has 1 aliphatic carbocycles. The maximum Gasteiger partial charge on any atom is 0.248 e. The van der Waals surface area contributed by atoms with Crippen molar-refractivity contribution in [2.24, 2.45) is 11.7 Å². The van der Waals surface area contributed by atoms with E-state index in [-0.39, 0.29) is 12.1 Å². The zero-order valence-electron chi connectivity index (χ0n) is 10.8. The fourth-order valence-corrected chi connectivity index (χ4v) is 2.20. The number of hydrogen-bond acceptors (Lipinski definition) is 5. The van der Waals surface area contributed by atoms with Gasteiger partial charge in [-0.15, -0.1) is 0 Å². The molecule has 1 heterocycles. The Labute approximate surface area is 111 Å². The van der Waals surface area contributed by atoms with Gasteiger partial charge >= 0.3 is 0 Å². The van der Waals surface area contributed by atoms with Crippen LogP contribution in [0.25, 0.3) is 0 Å². The molecule has 3 rings (SSSR count). The van der Waals surface area contributed by atoms with E-state index >= 15 is 0 Å². The van der Waals surface area contributed by atoms with Gasteiger partial charge in [0, 0.05) is 7.11 Å². The molecule has 0 spiro atoms. The number of benzene rings is 1. The largest absolute Gasteiger partial charge is 0.373 e. The zero-order chi connectivity index (χ0) is 13.2. The summed E-state index contributed by atoms with van der Waals surface area (Å²) < 4.78 is 10.7. The highest BCUT2D eigenvalue weighted by Gasteiger charge is 2.36. The van der Waals surface area contributed by atoms with E-state index in [9.17, 15) is 0 Å². The van der Waals surface area contributed by atoms with E-state index in [4.69, 9.17) is 15.0 Å². The van der Waals surface area contributed by atoms with Crippen LogP contribution < -0.4 is 5.73 Å². The molecule has 1 aliphatic rings. The molecular weight excluding hydrogens is 242 g/mol. The summed E-state index contributed by atoms with van der Waals surface area (Å²) in [6.45, 7) is 0. The molecule has 0 aliphatic heterocycles. The van der Waals surface area contributed by atoms with Crippen LogP contribution in [0.4, 0.5) is 0 Å². The van der Waals surface area contributed by atoms with Crippen molar-refractivity contribution in [1.82, 2.24) is 10.1 Å². The maximum absolute atomic E-state index is 6.13. The van der Waals surface area contributed by atoms with Crippen molar-refractivity contribution in [1.29, 1.82) is 0 Å². The monoisotopic (exact) mass is 259 g/mol. The second kappa shape index (κ2) is 5.11. The van der Waals surface area contributed by atoms with Crippen LogP contribution in [-0.4, -0.2) is 17.3 Å². The lowest BCUT2D eigenvalue weighted by molar-refractivity contribution is 0.0751. The zero-order valence-corrected chi connectivity index (χ0v) is 10.8. The number of nitrogens with two attached hydrogens (primary N) is 1. The van der Waals surface area contributed by atoms with E-state index < -0.39 is 0 Å². The molecule has 1 aromatic heterocycles. The van der Waals surface area contributed by atoms with Gasteiger partial charge in [-0.05, 0) is 24.3 Å². The predicted molar refractivity (Wildman–Crippen MR) is 69.2 cm³/mol. The van der Waals surface area contributed by atoms with Crippen LogP contribution in [-0.2, 0) is 4.74 Å². The Hall–Kier alpha value is -1.72. The van der Waals surface area contributed by atoms with Crippen LogP contribution >= 0.6 is 0 Å². The summed E-state index contributed by atoms with van der Waals surface area (Å²) in [5.74, 6) is 1.55. The highest BCUT2D eigenvalue weighted by atomic mass is 16.5. The molecule has 5 heteroatoms. The molecule has 0 bridgehead atoms. The van der Waals surface area contributed by atoms with Gasteiger partial charge < -0.3 is 15.0 Å². The van der Waals surface area contributed by atoms with Crippen molar-refractivity contribution in [3.8, 4) is 0 Å². The average molecular weight is 259 g/mol. The molecule has 5 nitrogen and oxygen atoms in total. The standard InChI is InChI=1S/C14H17N3O2/c1-18-12(10-7-8-10)13-16-14(19-17-13)11(15)9-5-3-2-4-6-9/h2-6,10-12H,7-8,15H2,1H3. The minimum atomic E-state index is -0.390. The van der Waals surface area contributed by atoms with Gasteiger partial charge in [0.2, 0.25) is 11.7 Å².